The van der Waals surface area contributed by atoms with Crippen molar-refractivity contribution in [3.63, 3.8) is 0 Å². The van der Waals surface area contributed by atoms with Gasteiger partial charge in [0.25, 0.3) is 6.04 Å². The zero-order valence-electron chi connectivity index (χ0n) is 4.79. The Balaban J connectivity index is 4.56. The third-order valence-corrected chi connectivity index (χ3v) is 0.749. The molecule has 66 valence electrons. The summed E-state index contributed by atoms with van der Waals surface area (Å²) in [6.07, 6.45) is -11.1. The fraction of sp³-hybridized carbons (Fsp3) is 1.00. The predicted molar refractivity (Wildman–Crippen MR) is 21.0 cm³/mol. The molecule has 0 rings (SSSR count). The first-order valence-corrected chi connectivity index (χ1v) is 2.19. The van der Waals surface area contributed by atoms with E-state index in [1.807, 2.05) is 0 Å². The lowest BCUT2D eigenvalue weighted by molar-refractivity contribution is -0.250. The van der Waals surface area contributed by atoms with Gasteiger partial charge < -0.3 is 0 Å². The smallest absolute Gasteiger partial charge is 0.209 e. The van der Waals surface area contributed by atoms with Crippen LogP contribution >= 0.6 is 0 Å². The van der Waals surface area contributed by atoms with Crippen molar-refractivity contribution in [2.24, 2.45) is 5.11 Å². The molecule has 2 nitrogen and oxygen atoms in total. The molecule has 8 heteroatoms. The van der Waals surface area contributed by atoms with E-state index in [0.717, 1.165) is 0 Å². The molecule has 11 heavy (non-hydrogen) atoms. The van der Waals surface area contributed by atoms with Gasteiger partial charge in [-0.3, -0.25) is 0 Å². The first kappa shape index (κ1) is 10.2. The third kappa shape index (κ3) is 2.72. The van der Waals surface area contributed by atoms with Crippen molar-refractivity contribution in [1.29, 1.82) is 5.53 Å². The first-order chi connectivity index (χ1) is 4.69. The summed E-state index contributed by atoms with van der Waals surface area (Å²) in [4.78, 5) is 0. The molecule has 0 radical (unpaired) electrons. The van der Waals surface area contributed by atoms with Crippen LogP contribution in [0.1, 0.15) is 0 Å². The lowest BCUT2D eigenvalue weighted by Crippen LogP contribution is -2.40. The van der Waals surface area contributed by atoms with Crippen LogP contribution < -0.4 is 0 Å². The van der Waals surface area contributed by atoms with Crippen LogP contribution in [0.2, 0.25) is 0 Å². The zero-order valence-corrected chi connectivity index (χ0v) is 4.79. The molecular weight excluding hydrogens is 178 g/mol. The second-order valence-corrected chi connectivity index (χ2v) is 1.61. The van der Waals surface area contributed by atoms with Crippen molar-refractivity contribution in [2.75, 3.05) is 0 Å². The van der Waals surface area contributed by atoms with E-state index in [0.29, 0.717) is 0 Å². The minimum Gasteiger partial charge on any atom is -0.209 e. The summed E-state index contributed by atoms with van der Waals surface area (Å²) in [6, 6.07) is -3.89. The van der Waals surface area contributed by atoms with Gasteiger partial charge in [-0.25, -0.2) is 5.53 Å². The molecule has 0 heterocycles. The average Bonchev–Trinajstić information content (AvgIpc) is 1.56. The van der Waals surface area contributed by atoms with Crippen molar-refractivity contribution < 1.29 is 26.3 Å². The summed E-state index contributed by atoms with van der Waals surface area (Å²) in [6.45, 7) is 0. The average molecular weight is 180 g/mol. The molecule has 0 saturated heterocycles. The topological polar surface area (TPSA) is 36.2 Å². The van der Waals surface area contributed by atoms with Crippen LogP contribution in [-0.4, -0.2) is 18.4 Å². The van der Waals surface area contributed by atoms with Gasteiger partial charge in [-0.15, -0.1) is 0 Å². The van der Waals surface area contributed by atoms with Crippen molar-refractivity contribution in [3.8, 4) is 0 Å². The van der Waals surface area contributed by atoms with E-state index in [1.165, 1.54) is 5.11 Å². The van der Waals surface area contributed by atoms with Crippen LogP contribution in [0.3, 0.4) is 0 Å². The molecule has 0 saturated carbocycles. The molecule has 0 unspecified atom stereocenters. The van der Waals surface area contributed by atoms with Crippen LogP contribution in [0.5, 0.6) is 0 Å². The molecular formula is C3H2F6N2. The van der Waals surface area contributed by atoms with Crippen LogP contribution in [-0.2, 0) is 0 Å². The quantitative estimate of drug-likeness (QED) is 0.475. The summed E-state index contributed by atoms with van der Waals surface area (Å²) in [5.74, 6) is 0. The Morgan fingerprint density at radius 1 is 0.909 bits per heavy atom. The molecule has 0 aromatic carbocycles. The van der Waals surface area contributed by atoms with Gasteiger partial charge in [0.15, 0.2) is 0 Å². The molecule has 0 fully saturated rings. The maximum atomic E-state index is 11.3. The number of halogens is 6. The Morgan fingerprint density at radius 2 is 1.18 bits per heavy atom. The van der Waals surface area contributed by atoms with Crippen LogP contribution in [0, 0.1) is 5.53 Å². The van der Waals surface area contributed by atoms with E-state index >= 15 is 0 Å². The number of alkyl halides is 6. The minimum atomic E-state index is -5.53. The Kier molecular flexibility index (Phi) is 2.47. The normalized spacial score (nSPS) is 13.7. The zero-order chi connectivity index (χ0) is 9.28. The Bertz CT molecular complexity index is 131. The number of nitrogens with one attached hydrogen (secondary N) is 1. The Labute approximate surface area is 56.7 Å². The van der Waals surface area contributed by atoms with E-state index in [2.05, 4.69) is 0 Å². The largest absolute Gasteiger partial charge is 0.421 e. The van der Waals surface area contributed by atoms with Gasteiger partial charge in [-0.2, -0.15) is 31.5 Å². The van der Waals surface area contributed by atoms with Gasteiger partial charge in [0.05, 0.1) is 0 Å². The van der Waals surface area contributed by atoms with Gasteiger partial charge >= 0.3 is 12.4 Å². The molecule has 0 aromatic rings. The number of rotatable bonds is 1. The molecule has 0 amide bonds. The monoisotopic (exact) mass is 180 g/mol. The highest BCUT2D eigenvalue weighted by Crippen LogP contribution is 2.35. The minimum absolute atomic E-state index is 1.43. The van der Waals surface area contributed by atoms with Gasteiger partial charge in [-0.05, 0) is 0 Å². The molecule has 0 aliphatic carbocycles. The van der Waals surface area contributed by atoms with Gasteiger partial charge in [-0.1, -0.05) is 0 Å². The SMILES string of the molecule is N=NC(C(F)(F)F)C(F)(F)F. The molecule has 0 aliphatic heterocycles. The Hall–Kier alpha value is -0.820. The third-order valence-electron chi connectivity index (χ3n) is 0.749. The predicted octanol–water partition coefficient (Wildman–Crippen LogP) is 2.51. The molecule has 0 bridgehead atoms. The maximum Gasteiger partial charge on any atom is 0.421 e. The highest BCUT2D eigenvalue weighted by Gasteiger charge is 2.57. The molecule has 0 atom stereocenters. The fourth-order valence-corrected chi connectivity index (χ4v) is 0.332. The number of hydrogen-bond donors (Lipinski definition) is 1. The van der Waals surface area contributed by atoms with Crippen LogP contribution in [0.25, 0.3) is 0 Å². The van der Waals surface area contributed by atoms with Crippen molar-refractivity contribution in [3.05, 3.63) is 0 Å². The van der Waals surface area contributed by atoms with Crippen molar-refractivity contribution in [1.82, 2.24) is 0 Å². The summed E-state index contributed by atoms with van der Waals surface area (Å²) in [5.41, 5.74) is 5.66. The highest BCUT2D eigenvalue weighted by molar-refractivity contribution is 4.80. The van der Waals surface area contributed by atoms with Crippen molar-refractivity contribution in [2.45, 2.75) is 18.4 Å². The van der Waals surface area contributed by atoms with E-state index < -0.39 is 18.4 Å². The lowest BCUT2D eigenvalue weighted by atomic mass is 10.3. The van der Waals surface area contributed by atoms with Gasteiger partial charge in [0.1, 0.15) is 0 Å². The first-order valence-electron chi connectivity index (χ1n) is 2.19. The standard InChI is InChI=1S/C3H2F6N2/c4-2(5,6)1(11-10)3(7,8)9/h1,10H. The number of nitrogens with zero attached hydrogens (tertiary/aromatic N) is 1. The molecule has 0 aliphatic rings. The number of hydrogen-bond acceptors (Lipinski definition) is 2. The maximum absolute atomic E-state index is 11.3. The summed E-state index contributed by atoms with van der Waals surface area (Å²) >= 11 is 0. The second kappa shape index (κ2) is 2.67. The van der Waals surface area contributed by atoms with Crippen molar-refractivity contribution >= 4 is 0 Å². The van der Waals surface area contributed by atoms with Crippen LogP contribution in [0.4, 0.5) is 26.3 Å². The summed E-state index contributed by atoms with van der Waals surface area (Å²) in [5, 5.41) is 1.43. The highest BCUT2D eigenvalue weighted by atomic mass is 19.4. The molecule has 0 aromatic heterocycles. The van der Waals surface area contributed by atoms with Gasteiger partial charge in [0, 0.05) is 0 Å². The fourth-order valence-electron chi connectivity index (χ4n) is 0.332. The lowest BCUT2D eigenvalue weighted by Gasteiger charge is -2.16. The molecule has 1 N–H and O–H groups in total. The summed E-state index contributed by atoms with van der Waals surface area (Å²) in [7, 11) is 0. The van der Waals surface area contributed by atoms with E-state index in [9.17, 15) is 26.3 Å². The second-order valence-electron chi connectivity index (χ2n) is 1.61. The van der Waals surface area contributed by atoms with E-state index in [-0.39, 0.29) is 0 Å². The van der Waals surface area contributed by atoms with E-state index in [4.69, 9.17) is 5.53 Å². The van der Waals surface area contributed by atoms with Gasteiger partial charge in [0.2, 0.25) is 0 Å². The van der Waals surface area contributed by atoms with Crippen LogP contribution in [0.15, 0.2) is 5.11 Å². The molecule has 0 spiro atoms. The Morgan fingerprint density at radius 3 is 1.18 bits per heavy atom. The summed E-state index contributed by atoms with van der Waals surface area (Å²) < 4.78 is 67.7. The van der Waals surface area contributed by atoms with E-state index in [1.54, 1.807) is 0 Å².